The number of carboxylic acids is 1. The van der Waals surface area contributed by atoms with Gasteiger partial charge in [0.2, 0.25) is 5.76 Å². The number of carboxylic acid groups (broad SMARTS) is 1. The van der Waals surface area contributed by atoms with E-state index in [9.17, 15) is 9.90 Å². The molecule has 0 heterocycles. The molecule has 2 N–H and O–H groups in total. The van der Waals surface area contributed by atoms with Gasteiger partial charge in [0.1, 0.15) is 0 Å². The van der Waals surface area contributed by atoms with Crippen LogP contribution in [0.5, 0.6) is 5.75 Å². The third-order valence-electron chi connectivity index (χ3n) is 1.77. The molecular weight excluding hydrogens is 255 g/mol. The lowest BCUT2D eigenvalue weighted by Crippen LogP contribution is -2.01. The molecule has 0 atom stereocenters. The smallest absolute Gasteiger partial charge is 0.371 e. The van der Waals surface area contributed by atoms with Gasteiger partial charge in [-0.1, -0.05) is 23.2 Å². The molecule has 0 amide bonds. The van der Waals surface area contributed by atoms with E-state index in [1.807, 2.05) is 0 Å². The van der Waals surface area contributed by atoms with Crippen LogP contribution in [0, 0.1) is 0 Å². The third kappa shape index (κ3) is 2.81. The Morgan fingerprint density at radius 3 is 2.25 bits per heavy atom. The molecule has 0 fully saturated rings. The number of phenols is 1. The van der Waals surface area contributed by atoms with Crippen molar-refractivity contribution in [1.29, 1.82) is 0 Å². The van der Waals surface area contributed by atoms with Gasteiger partial charge in [-0.3, -0.25) is 0 Å². The van der Waals surface area contributed by atoms with Crippen LogP contribution in [-0.2, 0) is 9.53 Å². The van der Waals surface area contributed by atoms with Crippen molar-refractivity contribution in [2.45, 2.75) is 0 Å². The summed E-state index contributed by atoms with van der Waals surface area (Å²) in [6.45, 7) is 0. The number of carbonyl (C=O) groups is 1. The van der Waals surface area contributed by atoms with Crippen LogP contribution in [0.3, 0.4) is 0 Å². The van der Waals surface area contributed by atoms with E-state index in [2.05, 4.69) is 4.74 Å². The maximum atomic E-state index is 10.7. The van der Waals surface area contributed by atoms with Crippen LogP contribution < -0.4 is 0 Å². The second-order valence-corrected chi connectivity index (χ2v) is 3.67. The summed E-state index contributed by atoms with van der Waals surface area (Å²) in [6, 6.07) is 2.76. The molecule has 16 heavy (non-hydrogen) atoms. The summed E-state index contributed by atoms with van der Waals surface area (Å²) in [4.78, 5) is 10.7. The van der Waals surface area contributed by atoms with Gasteiger partial charge in [0.05, 0.1) is 17.2 Å². The number of hydrogen-bond acceptors (Lipinski definition) is 3. The van der Waals surface area contributed by atoms with Crippen molar-refractivity contribution in [2.75, 3.05) is 7.11 Å². The Bertz CT molecular complexity index is 431. The minimum Gasteiger partial charge on any atom is -0.505 e. The van der Waals surface area contributed by atoms with E-state index in [1.165, 1.54) is 25.3 Å². The summed E-state index contributed by atoms with van der Waals surface area (Å²) in [7, 11) is 1.24. The number of aliphatic carboxylic acids is 1. The molecule has 0 saturated heterocycles. The highest BCUT2D eigenvalue weighted by molar-refractivity contribution is 6.37. The predicted molar refractivity (Wildman–Crippen MR) is 60.7 cm³/mol. The van der Waals surface area contributed by atoms with E-state index in [1.54, 1.807) is 0 Å². The maximum absolute atomic E-state index is 10.7. The summed E-state index contributed by atoms with van der Waals surface area (Å²) < 4.78 is 4.64. The second-order valence-electron chi connectivity index (χ2n) is 2.85. The van der Waals surface area contributed by atoms with Gasteiger partial charge in [-0.15, -0.1) is 0 Å². The number of aromatic hydroxyl groups is 1. The number of hydrogen-bond donors (Lipinski definition) is 2. The summed E-state index contributed by atoms with van der Waals surface area (Å²) in [5.74, 6) is -1.70. The Balaban J connectivity index is 3.20. The standard InChI is InChI=1S/C10H8Cl2O4/c1-16-8(10(14)15)4-5-2-6(11)9(13)7(12)3-5/h2-4,13H,1H3,(H,14,15)/b8-4-. The highest BCUT2D eigenvalue weighted by Crippen LogP contribution is 2.33. The number of phenolic OH excluding ortho intramolecular Hbond substituents is 1. The van der Waals surface area contributed by atoms with Crippen LogP contribution in [0.4, 0.5) is 0 Å². The first-order valence-electron chi connectivity index (χ1n) is 4.12. The number of benzene rings is 1. The Morgan fingerprint density at radius 1 is 1.38 bits per heavy atom. The fraction of sp³-hybridized carbons (Fsp3) is 0.100. The van der Waals surface area contributed by atoms with Crippen molar-refractivity contribution in [1.82, 2.24) is 0 Å². The lowest BCUT2D eigenvalue weighted by molar-refractivity contribution is -0.135. The molecule has 0 radical (unpaired) electrons. The normalized spacial score (nSPS) is 11.3. The first-order valence-corrected chi connectivity index (χ1v) is 4.88. The van der Waals surface area contributed by atoms with Crippen LogP contribution in [0.15, 0.2) is 17.9 Å². The Hall–Kier alpha value is -1.39. The Labute approximate surface area is 102 Å². The van der Waals surface area contributed by atoms with E-state index in [0.29, 0.717) is 5.56 Å². The van der Waals surface area contributed by atoms with Gasteiger partial charge in [-0.25, -0.2) is 4.79 Å². The van der Waals surface area contributed by atoms with E-state index in [0.717, 1.165) is 0 Å². The highest BCUT2D eigenvalue weighted by atomic mass is 35.5. The summed E-state index contributed by atoms with van der Waals surface area (Å²) >= 11 is 11.3. The number of halogens is 2. The van der Waals surface area contributed by atoms with Crippen LogP contribution >= 0.6 is 23.2 Å². The maximum Gasteiger partial charge on any atom is 0.371 e. The van der Waals surface area contributed by atoms with Crippen LogP contribution in [0.1, 0.15) is 5.56 Å². The van der Waals surface area contributed by atoms with E-state index < -0.39 is 5.97 Å². The number of methoxy groups -OCH3 is 1. The van der Waals surface area contributed by atoms with Crippen molar-refractivity contribution in [2.24, 2.45) is 0 Å². The van der Waals surface area contributed by atoms with Gasteiger partial charge >= 0.3 is 5.97 Å². The number of rotatable bonds is 3. The topological polar surface area (TPSA) is 66.8 Å². The summed E-state index contributed by atoms with van der Waals surface area (Å²) in [5.41, 5.74) is 0.423. The van der Waals surface area contributed by atoms with E-state index in [-0.39, 0.29) is 21.6 Å². The van der Waals surface area contributed by atoms with Crippen molar-refractivity contribution >= 4 is 35.2 Å². The van der Waals surface area contributed by atoms with Crippen LogP contribution in [0.2, 0.25) is 10.0 Å². The molecule has 6 heteroatoms. The highest BCUT2D eigenvalue weighted by Gasteiger charge is 2.09. The number of ether oxygens (including phenoxy) is 1. The fourth-order valence-corrected chi connectivity index (χ4v) is 1.53. The molecule has 0 aromatic heterocycles. The van der Waals surface area contributed by atoms with Crippen molar-refractivity contribution in [3.63, 3.8) is 0 Å². The third-order valence-corrected chi connectivity index (χ3v) is 2.34. The van der Waals surface area contributed by atoms with Crippen molar-refractivity contribution < 1.29 is 19.7 Å². The van der Waals surface area contributed by atoms with Gasteiger partial charge in [0.15, 0.2) is 5.75 Å². The molecule has 0 spiro atoms. The second kappa shape index (κ2) is 5.09. The Morgan fingerprint density at radius 2 is 1.88 bits per heavy atom. The molecule has 1 aromatic rings. The molecule has 0 saturated carbocycles. The predicted octanol–water partition coefficient (Wildman–Crippen LogP) is 2.77. The minimum absolute atomic E-state index is 0.0413. The van der Waals surface area contributed by atoms with E-state index in [4.69, 9.17) is 28.3 Å². The van der Waals surface area contributed by atoms with Gasteiger partial charge in [-0.05, 0) is 23.8 Å². The summed E-state index contributed by atoms with van der Waals surface area (Å²) in [5, 5.41) is 18.1. The first-order chi connectivity index (χ1) is 7.45. The fourth-order valence-electron chi connectivity index (χ4n) is 1.03. The van der Waals surface area contributed by atoms with Crippen LogP contribution in [0.25, 0.3) is 6.08 Å². The molecule has 1 rings (SSSR count). The largest absolute Gasteiger partial charge is 0.505 e. The molecule has 0 aliphatic rings. The van der Waals surface area contributed by atoms with Gasteiger partial charge in [-0.2, -0.15) is 0 Å². The van der Waals surface area contributed by atoms with Gasteiger partial charge in [0.25, 0.3) is 0 Å². The Kier molecular flexibility index (Phi) is 4.04. The first kappa shape index (κ1) is 12.7. The lowest BCUT2D eigenvalue weighted by Gasteiger charge is -2.03. The average molecular weight is 263 g/mol. The van der Waals surface area contributed by atoms with Crippen molar-refractivity contribution in [3.05, 3.63) is 33.5 Å². The van der Waals surface area contributed by atoms with Crippen molar-refractivity contribution in [3.8, 4) is 5.75 Å². The van der Waals surface area contributed by atoms with Gasteiger partial charge < -0.3 is 14.9 Å². The molecule has 0 aliphatic heterocycles. The molecule has 0 bridgehead atoms. The molecule has 1 aromatic carbocycles. The zero-order valence-electron chi connectivity index (χ0n) is 8.20. The van der Waals surface area contributed by atoms with Gasteiger partial charge in [0, 0.05) is 0 Å². The molecule has 0 unspecified atom stereocenters. The monoisotopic (exact) mass is 262 g/mol. The zero-order valence-corrected chi connectivity index (χ0v) is 9.71. The average Bonchev–Trinajstić information content (AvgIpc) is 2.21. The molecule has 0 aliphatic carbocycles. The quantitative estimate of drug-likeness (QED) is 0.650. The lowest BCUT2D eigenvalue weighted by atomic mass is 10.2. The zero-order chi connectivity index (χ0) is 12.3. The minimum atomic E-state index is -1.21. The van der Waals surface area contributed by atoms with E-state index >= 15 is 0 Å². The summed E-state index contributed by atoms with van der Waals surface area (Å²) in [6.07, 6.45) is 1.25. The van der Waals surface area contributed by atoms with Crippen LogP contribution in [-0.4, -0.2) is 23.3 Å². The molecule has 4 nitrogen and oxygen atoms in total. The molecular formula is C10H8Cl2O4. The molecule has 86 valence electrons. The SMILES string of the molecule is CO/C(=C\c1cc(Cl)c(O)c(Cl)c1)C(=O)O.